The second-order valence-electron chi connectivity index (χ2n) is 6.40. The number of hydrogen-bond donors (Lipinski definition) is 0. The van der Waals surface area contributed by atoms with Gasteiger partial charge in [-0.2, -0.15) is 0 Å². The molecule has 3 aromatic rings. The fraction of sp³-hybridized carbons (Fsp3) is 0.238. The number of hydrogen-bond acceptors (Lipinski definition) is 5. The Morgan fingerprint density at radius 1 is 0.852 bits per heavy atom. The van der Waals surface area contributed by atoms with Crippen LogP contribution in [-0.2, 0) is 5.75 Å². The largest absolute Gasteiger partial charge is 0.368 e. The Hall–Kier alpha value is -2.60. The van der Waals surface area contributed by atoms with Crippen LogP contribution in [0.15, 0.2) is 72.0 Å². The van der Waals surface area contributed by atoms with E-state index >= 15 is 0 Å². The first-order chi connectivity index (χ1) is 13.3. The SMILES string of the molecule is Fc1ccccc1CSc1cc(N2CCN(c3ccccc3)CC2)ncn1. The number of halogens is 1. The van der Waals surface area contributed by atoms with Crippen LogP contribution in [0, 0.1) is 5.82 Å². The lowest BCUT2D eigenvalue weighted by Crippen LogP contribution is -2.46. The van der Waals surface area contributed by atoms with Gasteiger partial charge in [-0.3, -0.25) is 0 Å². The summed E-state index contributed by atoms with van der Waals surface area (Å²) in [7, 11) is 0. The third-order valence-corrected chi connectivity index (χ3v) is 5.66. The van der Waals surface area contributed by atoms with Crippen molar-refractivity contribution >= 4 is 23.3 Å². The summed E-state index contributed by atoms with van der Waals surface area (Å²) in [6.45, 7) is 3.77. The van der Waals surface area contributed by atoms with Crippen molar-refractivity contribution < 1.29 is 4.39 Å². The molecule has 2 aromatic carbocycles. The summed E-state index contributed by atoms with van der Waals surface area (Å²) in [6.07, 6.45) is 1.60. The molecular formula is C21H21FN4S. The van der Waals surface area contributed by atoms with Gasteiger partial charge in [0, 0.05) is 43.7 Å². The maximum atomic E-state index is 13.8. The van der Waals surface area contributed by atoms with Crippen molar-refractivity contribution in [1.29, 1.82) is 0 Å². The Balaban J connectivity index is 1.37. The lowest BCUT2D eigenvalue weighted by atomic mass is 10.2. The molecule has 2 heterocycles. The van der Waals surface area contributed by atoms with Gasteiger partial charge in [0.1, 0.15) is 23.0 Å². The second-order valence-corrected chi connectivity index (χ2v) is 7.40. The van der Waals surface area contributed by atoms with E-state index in [1.165, 1.54) is 23.5 Å². The molecule has 1 saturated heterocycles. The monoisotopic (exact) mass is 380 g/mol. The maximum Gasteiger partial charge on any atom is 0.133 e. The van der Waals surface area contributed by atoms with Crippen LogP contribution >= 0.6 is 11.8 Å². The number of nitrogens with zero attached hydrogens (tertiary/aromatic N) is 4. The zero-order valence-electron chi connectivity index (χ0n) is 15.0. The van der Waals surface area contributed by atoms with Crippen LogP contribution < -0.4 is 9.80 Å². The Kier molecular flexibility index (Phi) is 5.53. The van der Waals surface area contributed by atoms with E-state index in [0.29, 0.717) is 11.3 Å². The normalized spacial score (nSPS) is 14.4. The zero-order valence-corrected chi connectivity index (χ0v) is 15.8. The molecule has 4 rings (SSSR count). The standard InChI is InChI=1S/C21H21FN4S/c22-19-9-5-4-6-17(19)15-27-21-14-20(23-16-24-21)26-12-10-25(11-13-26)18-7-2-1-3-8-18/h1-9,14,16H,10-13,15H2. The van der Waals surface area contributed by atoms with Gasteiger partial charge in [0.15, 0.2) is 0 Å². The molecule has 4 nitrogen and oxygen atoms in total. The van der Waals surface area contributed by atoms with Crippen LogP contribution in [-0.4, -0.2) is 36.1 Å². The highest BCUT2D eigenvalue weighted by molar-refractivity contribution is 7.98. The van der Waals surface area contributed by atoms with Gasteiger partial charge >= 0.3 is 0 Å². The Morgan fingerprint density at radius 2 is 1.56 bits per heavy atom. The van der Waals surface area contributed by atoms with E-state index < -0.39 is 0 Å². The summed E-state index contributed by atoms with van der Waals surface area (Å²) >= 11 is 1.54. The van der Waals surface area contributed by atoms with Gasteiger partial charge in [-0.05, 0) is 23.8 Å². The predicted molar refractivity (Wildman–Crippen MR) is 109 cm³/mol. The summed E-state index contributed by atoms with van der Waals surface area (Å²) in [6, 6.07) is 19.4. The molecule has 0 atom stereocenters. The maximum absolute atomic E-state index is 13.8. The predicted octanol–water partition coefficient (Wildman–Crippen LogP) is 4.23. The van der Waals surface area contributed by atoms with Crippen LogP contribution in [0.5, 0.6) is 0 Å². The molecule has 0 spiro atoms. The quantitative estimate of drug-likeness (QED) is 0.488. The smallest absolute Gasteiger partial charge is 0.133 e. The zero-order chi connectivity index (χ0) is 18.5. The van der Waals surface area contributed by atoms with E-state index in [-0.39, 0.29) is 5.82 Å². The molecule has 138 valence electrons. The van der Waals surface area contributed by atoms with E-state index in [9.17, 15) is 4.39 Å². The van der Waals surface area contributed by atoms with E-state index in [0.717, 1.165) is 37.0 Å². The van der Waals surface area contributed by atoms with Crippen LogP contribution in [0.2, 0.25) is 0 Å². The molecular weight excluding hydrogens is 359 g/mol. The van der Waals surface area contributed by atoms with E-state index in [4.69, 9.17) is 0 Å². The van der Waals surface area contributed by atoms with Gasteiger partial charge in [0.2, 0.25) is 0 Å². The number of piperazine rings is 1. The Bertz CT molecular complexity index is 882. The molecule has 0 amide bonds. The third-order valence-electron chi connectivity index (χ3n) is 4.69. The minimum atomic E-state index is -0.170. The van der Waals surface area contributed by atoms with Crippen molar-refractivity contribution in [2.24, 2.45) is 0 Å². The van der Waals surface area contributed by atoms with E-state index in [1.807, 2.05) is 24.3 Å². The summed E-state index contributed by atoms with van der Waals surface area (Å²) in [4.78, 5) is 13.5. The van der Waals surface area contributed by atoms with Crippen LogP contribution in [0.3, 0.4) is 0 Å². The molecule has 1 aliphatic rings. The van der Waals surface area contributed by atoms with Gasteiger partial charge in [-0.1, -0.05) is 36.4 Å². The van der Waals surface area contributed by atoms with Gasteiger partial charge in [0.25, 0.3) is 0 Å². The highest BCUT2D eigenvalue weighted by atomic mass is 32.2. The van der Waals surface area contributed by atoms with Gasteiger partial charge < -0.3 is 9.80 Å². The van der Waals surface area contributed by atoms with Crippen molar-refractivity contribution in [3.05, 3.63) is 78.4 Å². The fourth-order valence-electron chi connectivity index (χ4n) is 3.18. The Morgan fingerprint density at radius 3 is 2.33 bits per heavy atom. The molecule has 27 heavy (non-hydrogen) atoms. The summed E-state index contributed by atoms with van der Waals surface area (Å²) in [5, 5.41) is 0.869. The summed E-state index contributed by atoms with van der Waals surface area (Å²) in [5.41, 5.74) is 1.96. The topological polar surface area (TPSA) is 32.3 Å². The first-order valence-corrected chi connectivity index (χ1v) is 10.0. The van der Waals surface area contributed by atoms with Gasteiger partial charge in [-0.25, -0.2) is 14.4 Å². The molecule has 0 bridgehead atoms. The highest BCUT2D eigenvalue weighted by Gasteiger charge is 2.18. The van der Waals surface area contributed by atoms with Crippen molar-refractivity contribution in [3.8, 4) is 0 Å². The Labute approximate surface area is 163 Å². The van der Waals surface area contributed by atoms with Gasteiger partial charge in [-0.15, -0.1) is 11.8 Å². The van der Waals surface area contributed by atoms with Crippen LogP contribution in [0.25, 0.3) is 0 Å². The van der Waals surface area contributed by atoms with Gasteiger partial charge in [0.05, 0.1) is 0 Å². The number of thioether (sulfide) groups is 1. The minimum Gasteiger partial charge on any atom is -0.368 e. The molecule has 6 heteroatoms. The molecule has 1 aliphatic heterocycles. The molecule has 1 aromatic heterocycles. The lowest BCUT2D eigenvalue weighted by Gasteiger charge is -2.36. The number of aromatic nitrogens is 2. The van der Waals surface area contributed by atoms with Crippen LogP contribution in [0.1, 0.15) is 5.56 Å². The van der Waals surface area contributed by atoms with Crippen molar-refractivity contribution in [3.63, 3.8) is 0 Å². The van der Waals surface area contributed by atoms with Crippen molar-refractivity contribution in [1.82, 2.24) is 9.97 Å². The van der Waals surface area contributed by atoms with Crippen molar-refractivity contribution in [2.45, 2.75) is 10.8 Å². The summed E-state index contributed by atoms with van der Waals surface area (Å²) in [5.74, 6) is 1.33. The highest BCUT2D eigenvalue weighted by Crippen LogP contribution is 2.25. The molecule has 1 fully saturated rings. The molecule has 0 aliphatic carbocycles. The lowest BCUT2D eigenvalue weighted by molar-refractivity contribution is 0.617. The molecule has 0 saturated carbocycles. The number of rotatable bonds is 5. The molecule has 0 N–H and O–H groups in total. The average molecular weight is 380 g/mol. The first kappa shape index (κ1) is 17.8. The number of benzene rings is 2. The third kappa shape index (κ3) is 4.39. The molecule has 0 radical (unpaired) electrons. The van der Waals surface area contributed by atoms with Crippen molar-refractivity contribution in [2.75, 3.05) is 36.0 Å². The second kappa shape index (κ2) is 8.39. The fourth-order valence-corrected chi connectivity index (χ4v) is 4.03. The number of para-hydroxylation sites is 1. The average Bonchev–Trinajstić information content (AvgIpc) is 2.74. The van der Waals surface area contributed by atoms with E-state index in [2.05, 4.69) is 44.0 Å². The first-order valence-electron chi connectivity index (χ1n) is 9.03. The number of anilines is 2. The summed E-state index contributed by atoms with van der Waals surface area (Å²) < 4.78 is 13.8. The molecule has 0 unspecified atom stereocenters. The van der Waals surface area contributed by atoms with Crippen LogP contribution in [0.4, 0.5) is 15.9 Å². The minimum absolute atomic E-state index is 0.170. The van der Waals surface area contributed by atoms with E-state index in [1.54, 1.807) is 12.4 Å².